The monoisotopic (exact) mass is 271 g/mol. The van der Waals surface area contributed by atoms with Gasteiger partial charge in [0.2, 0.25) is 5.91 Å². The van der Waals surface area contributed by atoms with Crippen molar-refractivity contribution in [2.75, 3.05) is 45.9 Å². The predicted molar refractivity (Wildman–Crippen MR) is 77.2 cm³/mol. The van der Waals surface area contributed by atoms with Gasteiger partial charge >= 0.3 is 0 Å². The number of nitrogens with zero attached hydrogens (tertiary/aromatic N) is 1. The van der Waals surface area contributed by atoms with Gasteiger partial charge in [0.25, 0.3) is 0 Å². The van der Waals surface area contributed by atoms with Crippen molar-refractivity contribution in [1.29, 1.82) is 0 Å². The smallest absolute Gasteiger partial charge is 0.227 e. The van der Waals surface area contributed by atoms with E-state index in [1.165, 1.54) is 0 Å². The highest BCUT2D eigenvalue weighted by molar-refractivity contribution is 5.79. The molecule has 0 aromatic heterocycles. The first-order valence-corrected chi connectivity index (χ1v) is 7.54. The highest BCUT2D eigenvalue weighted by Gasteiger charge is 2.33. The van der Waals surface area contributed by atoms with E-state index in [-0.39, 0.29) is 17.9 Å². The molecule has 1 aliphatic heterocycles. The fourth-order valence-corrected chi connectivity index (χ4v) is 2.46. The van der Waals surface area contributed by atoms with E-state index in [4.69, 9.17) is 4.74 Å². The number of ether oxygens (including phenoxy) is 1. The van der Waals surface area contributed by atoms with Crippen LogP contribution in [0, 0.1) is 5.92 Å². The van der Waals surface area contributed by atoms with Crippen molar-refractivity contribution in [3.8, 4) is 0 Å². The number of likely N-dealkylation sites (N-methyl/N-ethyl adjacent to an activating group) is 1. The summed E-state index contributed by atoms with van der Waals surface area (Å²) in [4.78, 5) is 14.4. The zero-order valence-electron chi connectivity index (χ0n) is 12.6. The molecule has 1 heterocycles. The van der Waals surface area contributed by atoms with Gasteiger partial charge in [0.05, 0.1) is 19.1 Å². The molecule has 0 aromatic rings. The Kier molecular flexibility index (Phi) is 8.02. The Balaban J connectivity index is 2.20. The van der Waals surface area contributed by atoms with E-state index in [0.29, 0.717) is 13.2 Å². The Morgan fingerprint density at radius 1 is 1.26 bits per heavy atom. The molecule has 0 aliphatic carbocycles. The van der Waals surface area contributed by atoms with Gasteiger partial charge in [-0.05, 0) is 32.6 Å². The van der Waals surface area contributed by atoms with Crippen molar-refractivity contribution >= 4 is 5.91 Å². The van der Waals surface area contributed by atoms with Crippen LogP contribution in [0.2, 0.25) is 0 Å². The fraction of sp³-hybridized carbons (Fsp3) is 0.929. The molecule has 0 radical (unpaired) electrons. The topological polar surface area (TPSA) is 53.6 Å². The SMILES string of the molecule is CCNC1COCC1C(=O)NCCCN(CC)CC. The van der Waals surface area contributed by atoms with Crippen LogP contribution in [-0.4, -0.2) is 62.8 Å². The summed E-state index contributed by atoms with van der Waals surface area (Å²) in [5.74, 6) is 0.0939. The van der Waals surface area contributed by atoms with Gasteiger partial charge in [0.15, 0.2) is 0 Å². The number of hydrogen-bond acceptors (Lipinski definition) is 4. The Bertz CT molecular complexity index is 257. The van der Waals surface area contributed by atoms with Gasteiger partial charge in [-0.2, -0.15) is 0 Å². The molecule has 1 rings (SSSR count). The molecule has 1 fully saturated rings. The molecule has 5 nitrogen and oxygen atoms in total. The average molecular weight is 271 g/mol. The number of nitrogens with one attached hydrogen (secondary N) is 2. The third kappa shape index (κ3) is 5.47. The first-order chi connectivity index (χ1) is 9.22. The second-order valence-electron chi connectivity index (χ2n) is 4.98. The van der Waals surface area contributed by atoms with Crippen LogP contribution < -0.4 is 10.6 Å². The fourth-order valence-electron chi connectivity index (χ4n) is 2.46. The molecule has 19 heavy (non-hydrogen) atoms. The van der Waals surface area contributed by atoms with Crippen molar-refractivity contribution in [1.82, 2.24) is 15.5 Å². The molecule has 0 aromatic carbocycles. The van der Waals surface area contributed by atoms with Crippen LogP contribution in [0.25, 0.3) is 0 Å². The largest absolute Gasteiger partial charge is 0.379 e. The number of amides is 1. The maximum Gasteiger partial charge on any atom is 0.227 e. The quantitative estimate of drug-likeness (QED) is 0.598. The molecule has 2 N–H and O–H groups in total. The van der Waals surface area contributed by atoms with Crippen molar-refractivity contribution in [2.45, 2.75) is 33.2 Å². The minimum atomic E-state index is -0.0339. The first-order valence-electron chi connectivity index (χ1n) is 7.54. The Hall–Kier alpha value is -0.650. The lowest BCUT2D eigenvalue weighted by Gasteiger charge is -2.20. The second kappa shape index (κ2) is 9.28. The summed E-state index contributed by atoms with van der Waals surface area (Å²) in [7, 11) is 0. The Morgan fingerprint density at radius 3 is 2.63 bits per heavy atom. The van der Waals surface area contributed by atoms with Crippen LogP contribution in [0.15, 0.2) is 0 Å². The van der Waals surface area contributed by atoms with E-state index < -0.39 is 0 Å². The van der Waals surface area contributed by atoms with Gasteiger partial charge in [-0.25, -0.2) is 0 Å². The van der Waals surface area contributed by atoms with Crippen molar-refractivity contribution in [2.24, 2.45) is 5.92 Å². The van der Waals surface area contributed by atoms with Gasteiger partial charge in [-0.15, -0.1) is 0 Å². The second-order valence-corrected chi connectivity index (χ2v) is 4.98. The lowest BCUT2D eigenvalue weighted by molar-refractivity contribution is -0.125. The number of carbonyl (C=O) groups is 1. The third-order valence-electron chi connectivity index (χ3n) is 3.73. The van der Waals surface area contributed by atoms with Crippen molar-refractivity contribution < 1.29 is 9.53 Å². The highest BCUT2D eigenvalue weighted by atomic mass is 16.5. The van der Waals surface area contributed by atoms with Gasteiger partial charge in [0.1, 0.15) is 0 Å². The lowest BCUT2D eigenvalue weighted by atomic mass is 10.0. The number of carbonyl (C=O) groups excluding carboxylic acids is 1. The molecule has 112 valence electrons. The van der Waals surface area contributed by atoms with E-state index in [9.17, 15) is 4.79 Å². The van der Waals surface area contributed by atoms with Crippen LogP contribution >= 0.6 is 0 Å². The average Bonchev–Trinajstić information content (AvgIpc) is 2.87. The maximum atomic E-state index is 12.1. The summed E-state index contributed by atoms with van der Waals surface area (Å²) >= 11 is 0. The molecule has 0 bridgehead atoms. The highest BCUT2D eigenvalue weighted by Crippen LogP contribution is 2.13. The molecule has 5 heteroatoms. The maximum absolute atomic E-state index is 12.1. The summed E-state index contributed by atoms with van der Waals surface area (Å²) in [5, 5.41) is 6.34. The zero-order valence-corrected chi connectivity index (χ0v) is 12.6. The Morgan fingerprint density at radius 2 is 2.00 bits per heavy atom. The summed E-state index contributed by atoms with van der Waals surface area (Å²) < 4.78 is 5.39. The molecular weight excluding hydrogens is 242 g/mol. The van der Waals surface area contributed by atoms with Crippen LogP contribution in [0.4, 0.5) is 0 Å². The molecule has 2 unspecified atom stereocenters. The Labute approximate surface area is 117 Å². The molecule has 1 amide bonds. The minimum Gasteiger partial charge on any atom is -0.379 e. The van der Waals surface area contributed by atoms with E-state index in [0.717, 1.165) is 39.1 Å². The van der Waals surface area contributed by atoms with Crippen LogP contribution in [0.3, 0.4) is 0 Å². The number of hydrogen-bond donors (Lipinski definition) is 2. The molecule has 2 atom stereocenters. The minimum absolute atomic E-state index is 0.0339. The van der Waals surface area contributed by atoms with Gasteiger partial charge in [-0.1, -0.05) is 20.8 Å². The molecule has 0 spiro atoms. The van der Waals surface area contributed by atoms with Crippen LogP contribution in [0.1, 0.15) is 27.2 Å². The van der Waals surface area contributed by atoms with Gasteiger partial charge in [-0.3, -0.25) is 4.79 Å². The predicted octanol–water partition coefficient (Wildman–Crippen LogP) is 0.459. The van der Waals surface area contributed by atoms with E-state index in [1.807, 2.05) is 0 Å². The first kappa shape index (κ1) is 16.4. The molecular formula is C14H29N3O2. The van der Waals surface area contributed by atoms with Crippen LogP contribution in [-0.2, 0) is 9.53 Å². The van der Waals surface area contributed by atoms with Gasteiger partial charge < -0.3 is 20.3 Å². The van der Waals surface area contributed by atoms with Gasteiger partial charge in [0, 0.05) is 12.6 Å². The summed E-state index contributed by atoms with van der Waals surface area (Å²) in [6.07, 6.45) is 1.01. The zero-order chi connectivity index (χ0) is 14.1. The standard InChI is InChI=1S/C14H29N3O2/c1-4-15-13-11-19-10-12(13)14(18)16-8-7-9-17(5-2)6-3/h12-13,15H,4-11H2,1-3H3,(H,16,18). The molecule has 1 aliphatic rings. The van der Waals surface area contributed by atoms with E-state index in [1.54, 1.807) is 0 Å². The third-order valence-corrected chi connectivity index (χ3v) is 3.73. The van der Waals surface area contributed by atoms with E-state index >= 15 is 0 Å². The normalized spacial score (nSPS) is 22.9. The summed E-state index contributed by atoms with van der Waals surface area (Å²) in [5.41, 5.74) is 0. The van der Waals surface area contributed by atoms with Crippen molar-refractivity contribution in [3.63, 3.8) is 0 Å². The van der Waals surface area contributed by atoms with Crippen LogP contribution in [0.5, 0.6) is 0 Å². The van der Waals surface area contributed by atoms with Crippen molar-refractivity contribution in [3.05, 3.63) is 0 Å². The molecule has 0 saturated carbocycles. The van der Waals surface area contributed by atoms with E-state index in [2.05, 4.69) is 36.3 Å². The lowest BCUT2D eigenvalue weighted by Crippen LogP contribution is -2.44. The number of rotatable bonds is 9. The molecule has 1 saturated heterocycles. The summed E-state index contributed by atoms with van der Waals surface area (Å²) in [6, 6.07) is 0.174. The summed E-state index contributed by atoms with van der Waals surface area (Å²) in [6.45, 7) is 12.4.